The first kappa shape index (κ1) is 36.1. The van der Waals surface area contributed by atoms with Gasteiger partial charge in [0.2, 0.25) is 5.88 Å². The largest absolute Gasteiger partial charge is 0.492 e. The average molecular weight is 716 g/mol. The summed E-state index contributed by atoms with van der Waals surface area (Å²) in [5.74, 6) is -0.826. The lowest BCUT2D eigenvalue weighted by Crippen LogP contribution is -2.59. The molecule has 0 saturated carbocycles. The molecule has 0 spiro atoms. The Bertz CT molecular complexity index is 1900. The maximum Gasteiger partial charge on any atom is 0.318 e. The van der Waals surface area contributed by atoms with Gasteiger partial charge >= 0.3 is 6.03 Å². The highest BCUT2D eigenvalue weighted by atomic mass is 32.2. The molecule has 2 saturated heterocycles. The molecule has 1 N–H and O–H groups in total. The predicted octanol–water partition coefficient (Wildman–Crippen LogP) is 3.93. The molecule has 2 aromatic carbocycles. The van der Waals surface area contributed by atoms with E-state index in [4.69, 9.17) is 9.47 Å². The number of piperidine rings is 1. The van der Waals surface area contributed by atoms with Crippen LogP contribution < -0.4 is 19.1 Å². The maximum absolute atomic E-state index is 15.2. The van der Waals surface area contributed by atoms with E-state index in [0.29, 0.717) is 23.4 Å². The van der Waals surface area contributed by atoms with Crippen LogP contribution in [0.15, 0.2) is 65.7 Å². The van der Waals surface area contributed by atoms with Gasteiger partial charge in [0.25, 0.3) is 15.9 Å². The minimum atomic E-state index is -4.63. The summed E-state index contributed by atoms with van der Waals surface area (Å²) in [4.78, 5) is 40.4. The van der Waals surface area contributed by atoms with Crippen LogP contribution >= 0.6 is 0 Å². The van der Waals surface area contributed by atoms with Crippen molar-refractivity contribution in [2.24, 2.45) is 0 Å². The quantitative estimate of drug-likeness (QED) is 0.310. The number of anilines is 1. The maximum atomic E-state index is 15.2. The van der Waals surface area contributed by atoms with Gasteiger partial charge in [0, 0.05) is 57.1 Å². The van der Waals surface area contributed by atoms with Crippen LogP contribution in [0.4, 0.5) is 10.5 Å². The number of hydrogen-bond donors (Lipinski definition) is 1. The number of urea groups is 1. The van der Waals surface area contributed by atoms with Gasteiger partial charge < -0.3 is 24.6 Å². The summed E-state index contributed by atoms with van der Waals surface area (Å²) < 4.78 is 41.5. The summed E-state index contributed by atoms with van der Waals surface area (Å²) in [7, 11) is -4.63. The van der Waals surface area contributed by atoms with Crippen molar-refractivity contribution in [3.05, 3.63) is 77.5 Å². The van der Waals surface area contributed by atoms with Crippen molar-refractivity contribution < 1.29 is 27.5 Å². The molecule has 270 valence electrons. The van der Waals surface area contributed by atoms with Gasteiger partial charge in [-0.15, -0.1) is 0 Å². The Labute approximate surface area is 299 Å². The fourth-order valence-corrected chi connectivity index (χ4v) is 9.06. The number of piperazine rings is 1. The highest BCUT2D eigenvalue weighted by Crippen LogP contribution is 2.49. The van der Waals surface area contributed by atoms with Crippen molar-refractivity contribution in [2.75, 3.05) is 63.3 Å². The van der Waals surface area contributed by atoms with E-state index in [1.165, 1.54) is 36.5 Å². The van der Waals surface area contributed by atoms with Crippen LogP contribution in [0.5, 0.6) is 11.6 Å². The van der Waals surface area contributed by atoms with E-state index in [1.54, 1.807) is 43.0 Å². The summed E-state index contributed by atoms with van der Waals surface area (Å²) in [5.41, 5.74) is -1.67. The second-order valence-corrected chi connectivity index (χ2v) is 14.6. The van der Waals surface area contributed by atoms with Crippen LogP contribution in [0, 0.1) is 11.3 Å². The Hall–Kier alpha value is -4.71. The molecule has 6 rings (SSSR count). The number of ether oxygens (including phenoxy) is 2. The van der Waals surface area contributed by atoms with E-state index in [1.807, 2.05) is 0 Å². The van der Waals surface area contributed by atoms with E-state index < -0.39 is 27.5 Å². The SMILES string of the molecule is CCCN1CCN(C2CCN(C(=O)NC3(c4cccnc4OCC)C(=O)N(S(=O)(=O)c4ccccc4OCC)c4ccc(C#N)cc43)CC2)CC1. The molecule has 0 bridgehead atoms. The van der Waals surface area contributed by atoms with E-state index >= 15 is 4.79 Å². The number of aromatic nitrogens is 1. The van der Waals surface area contributed by atoms with Gasteiger partial charge in [-0.3, -0.25) is 9.69 Å². The third-order valence-electron chi connectivity index (χ3n) is 9.89. The summed E-state index contributed by atoms with van der Waals surface area (Å²) in [6.45, 7) is 12.1. The first-order valence-electron chi connectivity index (χ1n) is 17.7. The second-order valence-electron chi connectivity index (χ2n) is 12.9. The van der Waals surface area contributed by atoms with Gasteiger partial charge in [-0.1, -0.05) is 19.1 Å². The predicted molar refractivity (Wildman–Crippen MR) is 191 cm³/mol. The second kappa shape index (κ2) is 15.3. The Morgan fingerprint density at radius 2 is 1.69 bits per heavy atom. The lowest BCUT2D eigenvalue weighted by atomic mass is 9.83. The van der Waals surface area contributed by atoms with Crippen LogP contribution in [-0.2, 0) is 20.4 Å². The standard InChI is InChI=1S/C37H45N7O6S/c1-4-18-41-21-23-42(24-22-41)28-15-19-43(20-16-28)36(46)40-37(29-10-9-17-39-34(29)50-6-3)30-25-27(26-38)13-14-31(30)44(35(37)45)51(47,48)33-12-8-7-11-32(33)49-5-2/h7-14,17,25,28H,4-6,15-16,18-24H2,1-3H3,(H,40,46). The molecule has 1 aromatic heterocycles. The molecule has 3 aliphatic heterocycles. The number of para-hydroxylation sites is 1. The highest BCUT2D eigenvalue weighted by Gasteiger charge is 2.59. The van der Waals surface area contributed by atoms with Crippen LogP contribution in [0.1, 0.15) is 56.7 Å². The molecule has 3 aromatic rings. The molecule has 13 nitrogen and oxygen atoms in total. The Balaban J connectivity index is 1.40. The fourth-order valence-electron chi connectivity index (χ4n) is 7.45. The van der Waals surface area contributed by atoms with Crippen molar-refractivity contribution in [2.45, 2.75) is 56.5 Å². The van der Waals surface area contributed by atoms with Gasteiger partial charge in [-0.2, -0.15) is 9.57 Å². The van der Waals surface area contributed by atoms with Crippen molar-refractivity contribution in [1.82, 2.24) is 25.0 Å². The zero-order valence-corrected chi connectivity index (χ0v) is 30.2. The van der Waals surface area contributed by atoms with Crippen LogP contribution in [-0.4, -0.2) is 105 Å². The molecular formula is C37H45N7O6S. The third kappa shape index (κ3) is 6.73. The molecule has 0 radical (unpaired) electrons. The molecule has 14 heteroatoms. The van der Waals surface area contributed by atoms with E-state index in [-0.39, 0.29) is 52.1 Å². The summed E-state index contributed by atoms with van der Waals surface area (Å²) in [6, 6.07) is 15.5. The van der Waals surface area contributed by atoms with E-state index in [9.17, 15) is 18.5 Å². The van der Waals surface area contributed by atoms with Crippen molar-refractivity contribution >= 4 is 27.6 Å². The number of nitrogens with zero attached hydrogens (tertiary/aromatic N) is 6. The number of sulfonamides is 1. The van der Waals surface area contributed by atoms with E-state index in [0.717, 1.165) is 52.0 Å². The fraction of sp³-hybridized carbons (Fsp3) is 0.459. The van der Waals surface area contributed by atoms with Gasteiger partial charge in [0.15, 0.2) is 5.54 Å². The van der Waals surface area contributed by atoms with Crippen molar-refractivity contribution in [3.63, 3.8) is 0 Å². The Kier molecular flexibility index (Phi) is 10.8. The number of hydrogen-bond acceptors (Lipinski definition) is 10. The number of nitrogens with one attached hydrogen (secondary N) is 1. The number of likely N-dealkylation sites (tertiary alicyclic amines) is 1. The molecule has 1 atom stereocenters. The minimum Gasteiger partial charge on any atom is -0.492 e. The number of rotatable bonds is 11. The lowest BCUT2D eigenvalue weighted by molar-refractivity contribution is -0.121. The number of benzene rings is 2. The Morgan fingerprint density at radius 1 is 0.961 bits per heavy atom. The van der Waals surface area contributed by atoms with Crippen LogP contribution in [0.25, 0.3) is 0 Å². The third-order valence-corrected chi connectivity index (χ3v) is 11.6. The first-order chi connectivity index (χ1) is 24.7. The highest BCUT2D eigenvalue weighted by molar-refractivity contribution is 7.93. The monoisotopic (exact) mass is 715 g/mol. The zero-order chi connectivity index (χ0) is 36.2. The Morgan fingerprint density at radius 3 is 2.37 bits per heavy atom. The van der Waals surface area contributed by atoms with Gasteiger partial charge in [0.1, 0.15) is 10.6 Å². The summed E-state index contributed by atoms with van der Waals surface area (Å²) in [5, 5.41) is 12.9. The molecular weight excluding hydrogens is 671 g/mol. The van der Waals surface area contributed by atoms with Gasteiger partial charge in [-0.25, -0.2) is 18.2 Å². The molecule has 1 unspecified atom stereocenters. The molecule has 0 aliphatic carbocycles. The molecule has 3 aliphatic rings. The smallest absolute Gasteiger partial charge is 0.318 e. The number of carbonyl (C=O) groups is 2. The number of nitriles is 1. The number of pyridine rings is 1. The minimum absolute atomic E-state index is 0.00201. The normalized spacial score (nSPS) is 20.2. The van der Waals surface area contributed by atoms with Gasteiger partial charge in [-0.05, 0) is 82.1 Å². The molecule has 3 amide bonds. The van der Waals surface area contributed by atoms with Gasteiger partial charge in [0.05, 0.1) is 36.1 Å². The van der Waals surface area contributed by atoms with Crippen LogP contribution in [0.2, 0.25) is 0 Å². The zero-order valence-electron chi connectivity index (χ0n) is 29.4. The summed E-state index contributed by atoms with van der Waals surface area (Å²) in [6.07, 6.45) is 4.16. The van der Waals surface area contributed by atoms with Crippen molar-refractivity contribution in [3.8, 4) is 17.7 Å². The van der Waals surface area contributed by atoms with E-state index in [2.05, 4.69) is 33.1 Å². The number of amides is 3. The lowest BCUT2D eigenvalue weighted by Gasteiger charge is -2.43. The average Bonchev–Trinajstić information content (AvgIpc) is 3.40. The van der Waals surface area contributed by atoms with Crippen molar-refractivity contribution in [1.29, 1.82) is 5.26 Å². The molecule has 51 heavy (non-hydrogen) atoms. The summed E-state index contributed by atoms with van der Waals surface area (Å²) >= 11 is 0. The topological polar surface area (TPSA) is 148 Å². The molecule has 2 fully saturated rings. The molecule has 4 heterocycles. The number of carbonyl (C=O) groups excluding carboxylic acids is 2. The number of fused-ring (bicyclic) bond motifs is 1. The first-order valence-corrected chi connectivity index (χ1v) is 19.1. The van der Waals surface area contributed by atoms with Crippen LogP contribution in [0.3, 0.4) is 0 Å².